The average Bonchev–Trinajstić information content (AvgIpc) is 3.23. The minimum absolute atomic E-state index is 0.0476. The van der Waals surface area contributed by atoms with Gasteiger partial charge in [0, 0.05) is 5.69 Å². The number of benzene rings is 1. The van der Waals surface area contributed by atoms with Gasteiger partial charge in [-0.3, -0.25) is 25.1 Å². The van der Waals surface area contributed by atoms with Gasteiger partial charge in [0.25, 0.3) is 5.91 Å². The lowest BCUT2D eigenvalue weighted by atomic mass is 10.2. The number of amidine groups is 2. The van der Waals surface area contributed by atoms with Crippen molar-refractivity contribution in [2.45, 2.75) is 6.18 Å². The van der Waals surface area contributed by atoms with Crippen LogP contribution in [-0.4, -0.2) is 40.2 Å². The molecule has 0 radical (unpaired) electrons. The van der Waals surface area contributed by atoms with E-state index in [-0.39, 0.29) is 22.4 Å². The molecule has 3 amide bonds. The van der Waals surface area contributed by atoms with Gasteiger partial charge in [0.2, 0.25) is 5.91 Å². The molecule has 2 heterocycles. The Kier molecular flexibility index (Phi) is 6.34. The fourth-order valence-corrected chi connectivity index (χ4v) is 2.94. The molecular formula is C18H12F3N5O4S. The maximum Gasteiger partial charge on any atom is 0.416 e. The number of hydrogen-bond donors (Lipinski definition) is 3. The van der Waals surface area contributed by atoms with E-state index in [1.54, 1.807) is 0 Å². The van der Waals surface area contributed by atoms with E-state index in [1.165, 1.54) is 24.5 Å². The van der Waals surface area contributed by atoms with Gasteiger partial charge in [-0.15, -0.1) is 0 Å². The Labute approximate surface area is 176 Å². The maximum atomic E-state index is 12.7. The first-order chi connectivity index (χ1) is 14.6. The first-order valence-electron chi connectivity index (χ1n) is 8.39. The average molecular weight is 451 g/mol. The van der Waals surface area contributed by atoms with Crippen molar-refractivity contribution in [1.82, 2.24) is 5.32 Å². The number of carbonyl (C=O) groups excluding carboxylic acids is 3. The number of amides is 3. The molecule has 3 rings (SSSR count). The lowest BCUT2D eigenvalue weighted by molar-refractivity contribution is -0.137. The van der Waals surface area contributed by atoms with Crippen LogP contribution >= 0.6 is 11.8 Å². The van der Waals surface area contributed by atoms with Crippen LogP contribution in [0.1, 0.15) is 16.1 Å². The zero-order valence-corrected chi connectivity index (χ0v) is 16.1. The van der Waals surface area contributed by atoms with Crippen LogP contribution in [0.4, 0.5) is 18.9 Å². The molecule has 0 atom stereocenters. The van der Waals surface area contributed by atoms with Crippen LogP contribution in [0.5, 0.6) is 0 Å². The van der Waals surface area contributed by atoms with E-state index in [9.17, 15) is 27.6 Å². The molecule has 31 heavy (non-hydrogen) atoms. The third-order valence-electron chi connectivity index (χ3n) is 3.63. The summed E-state index contributed by atoms with van der Waals surface area (Å²) < 4.78 is 43.1. The van der Waals surface area contributed by atoms with Crippen LogP contribution in [-0.2, 0) is 15.8 Å². The number of thioether (sulfide) groups is 1. The van der Waals surface area contributed by atoms with Gasteiger partial charge in [-0.2, -0.15) is 18.2 Å². The van der Waals surface area contributed by atoms with E-state index in [1.807, 2.05) is 0 Å². The summed E-state index contributed by atoms with van der Waals surface area (Å²) in [4.78, 5) is 43.3. The molecule has 0 aliphatic carbocycles. The van der Waals surface area contributed by atoms with Gasteiger partial charge in [-0.25, -0.2) is 4.99 Å². The molecule has 3 N–H and O–H groups in total. The van der Waals surface area contributed by atoms with Gasteiger partial charge in [0.05, 0.1) is 17.6 Å². The third-order valence-corrected chi connectivity index (χ3v) is 4.51. The van der Waals surface area contributed by atoms with E-state index >= 15 is 0 Å². The topological polar surface area (TPSA) is 137 Å². The number of rotatable bonds is 4. The predicted octanol–water partition coefficient (Wildman–Crippen LogP) is 2.71. The number of alkyl halides is 3. The van der Waals surface area contributed by atoms with Crippen molar-refractivity contribution in [2.24, 2.45) is 9.98 Å². The second-order valence-corrected chi connectivity index (χ2v) is 6.84. The Hall–Kier alpha value is -3.74. The normalized spacial score (nSPS) is 15.5. The van der Waals surface area contributed by atoms with E-state index in [0.717, 1.165) is 30.0 Å². The maximum absolute atomic E-state index is 12.7. The number of carbonyl (C=O) groups is 3. The summed E-state index contributed by atoms with van der Waals surface area (Å²) in [6.45, 7) is 0. The number of nitrogens with one attached hydrogen (secondary N) is 3. The zero-order chi connectivity index (χ0) is 22.6. The van der Waals surface area contributed by atoms with Crippen molar-refractivity contribution in [2.75, 3.05) is 11.1 Å². The van der Waals surface area contributed by atoms with Crippen molar-refractivity contribution in [1.29, 1.82) is 5.41 Å². The summed E-state index contributed by atoms with van der Waals surface area (Å²) in [5.74, 6) is -3.42. The molecule has 1 aliphatic rings. The highest BCUT2D eigenvalue weighted by Crippen LogP contribution is 2.30. The Balaban J connectivity index is 1.60. The molecule has 1 aromatic carbocycles. The van der Waals surface area contributed by atoms with Crippen LogP contribution in [0.25, 0.3) is 0 Å². The highest BCUT2D eigenvalue weighted by molar-refractivity contribution is 8.14. The molecular weight excluding hydrogens is 439 g/mol. The third kappa shape index (κ3) is 5.66. The summed E-state index contributed by atoms with van der Waals surface area (Å²) in [6.07, 6.45) is -3.30. The van der Waals surface area contributed by atoms with Crippen molar-refractivity contribution in [3.8, 4) is 0 Å². The number of anilines is 1. The lowest BCUT2D eigenvalue weighted by Gasteiger charge is -2.14. The Bertz CT molecular complexity index is 1110. The van der Waals surface area contributed by atoms with E-state index in [0.29, 0.717) is 0 Å². The second kappa shape index (κ2) is 8.95. The van der Waals surface area contributed by atoms with Crippen LogP contribution in [0, 0.1) is 5.41 Å². The molecule has 0 saturated carbocycles. The molecule has 1 aromatic heterocycles. The Morgan fingerprint density at radius 2 is 2.03 bits per heavy atom. The van der Waals surface area contributed by atoms with Crippen LogP contribution < -0.4 is 10.6 Å². The molecule has 13 heteroatoms. The van der Waals surface area contributed by atoms with Gasteiger partial charge < -0.3 is 9.73 Å². The van der Waals surface area contributed by atoms with Crippen molar-refractivity contribution >= 4 is 51.9 Å². The summed E-state index contributed by atoms with van der Waals surface area (Å²) in [6, 6.07) is 6.91. The van der Waals surface area contributed by atoms with Crippen LogP contribution in [0.3, 0.4) is 0 Å². The molecule has 0 unspecified atom stereocenters. The monoisotopic (exact) mass is 451 g/mol. The van der Waals surface area contributed by atoms with Gasteiger partial charge in [0.15, 0.2) is 22.5 Å². The van der Waals surface area contributed by atoms with Crippen LogP contribution in [0.2, 0.25) is 0 Å². The highest BCUT2D eigenvalue weighted by atomic mass is 32.2. The van der Waals surface area contributed by atoms with Gasteiger partial charge in [0.1, 0.15) is 0 Å². The standard InChI is InChI=1S/C18H12F3N5O4S/c19-18(20,21)9-3-1-4-10(7-9)23-12(27)8-31-17-25-14(22)13(16(29)26-17)24-15(28)11-5-2-6-30-11/h1-7H,8H2,(H,23,27)(H2,22,25,26,29). The fraction of sp³-hybridized carbons (Fsp3) is 0.111. The number of nitrogens with zero attached hydrogens (tertiary/aromatic N) is 2. The summed E-state index contributed by atoms with van der Waals surface area (Å²) in [5, 5.41) is 12.3. The van der Waals surface area contributed by atoms with E-state index in [2.05, 4.69) is 20.6 Å². The zero-order valence-electron chi connectivity index (χ0n) is 15.3. The molecule has 1 aliphatic heterocycles. The minimum Gasteiger partial charge on any atom is -0.459 e. The molecule has 0 saturated heterocycles. The van der Waals surface area contributed by atoms with Crippen molar-refractivity contribution < 1.29 is 32.0 Å². The number of furan rings is 1. The molecule has 160 valence electrons. The lowest BCUT2D eigenvalue weighted by Crippen LogP contribution is -2.43. The highest BCUT2D eigenvalue weighted by Gasteiger charge is 2.30. The minimum atomic E-state index is -4.55. The van der Waals surface area contributed by atoms with Crippen molar-refractivity contribution in [3.63, 3.8) is 0 Å². The molecule has 2 aromatic rings. The Morgan fingerprint density at radius 3 is 2.68 bits per heavy atom. The summed E-state index contributed by atoms with van der Waals surface area (Å²) in [5.41, 5.74) is -1.49. The molecule has 0 spiro atoms. The molecule has 9 nitrogen and oxygen atoms in total. The summed E-state index contributed by atoms with van der Waals surface area (Å²) >= 11 is 0.745. The molecule has 0 bridgehead atoms. The predicted molar refractivity (Wildman–Crippen MR) is 106 cm³/mol. The van der Waals surface area contributed by atoms with E-state index < -0.39 is 41.0 Å². The van der Waals surface area contributed by atoms with E-state index in [4.69, 9.17) is 9.83 Å². The number of hydrogen-bond acceptors (Lipinski definition) is 6. The first kappa shape index (κ1) is 22.0. The second-order valence-electron chi connectivity index (χ2n) is 5.88. The Morgan fingerprint density at radius 1 is 1.26 bits per heavy atom. The van der Waals surface area contributed by atoms with Gasteiger partial charge in [-0.05, 0) is 30.3 Å². The number of halogens is 3. The first-order valence-corrected chi connectivity index (χ1v) is 9.37. The SMILES string of the molecule is N=C1N=C(SCC(=O)Nc2cccc(C(F)(F)F)c2)NC(=O)C1=NC(=O)c1ccco1. The fourth-order valence-electron chi connectivity index (χ4n) is 2.28. The molecule has 0 fully saturated rings. The van der Waals surface area contributed by atoms with Crippen LogP contribution in [0.15, 0.2) is 57.1 Å². The smallest absolute Gasteiger partial charge is 0.416 e. The largest absolute Gasteiger partial charge is 0.459 e. The quantitative estimate of drug-likeness (QED) is 0.657. The summed E-state index contributed by atoms with van der Waals surface area (Å²) in [7, 11) is 0. The van der Waals surface area contributed by atoms with Gasteiger partial charge in [-0.1, -0.05) is 17.8 Å². The van der Waals surface area contributed by atoms with Crippen molar-refractivity contribution in [3.05, 3.63) is 54.0 Å². The number of aliphatic imine (C=N–C) groups is 2. The van der Waals surface area contributed by atoms with Gasteiger partial charge >= 0.3 is 12.1 Å².